The summed E-state index contributed by atoms with van der Waals surface area (Å²) in [5.74, 6) is -2.48. The zero-order valence-corrected chi connectivity index (χ0v) is 11.6. The van der Waals surface area contributed by atoms with Gasteiger partial charge in [-0.3, -0.25) is 9.59 Å². The Kier molecular flexibility index (Phi) is 4.38. The van der Waals surface area contributed by atoms with Gasteiger partial charge >= 0.3 is 12.1 Å². The minimum absolute atomic E-state index is 0.100. The van der Waals surface area contributed by atoms with Crippen LogP contribution in [0.2, 0.25) is 0 Å². The highest BCUT2D eigenvalue weighted by Gasteiger charge is 2.64. The van der Waals surface area contributed by atoms with Crippen molar-refractivity contribution >= 4 is 11.9 Å². The van der Waals surface area contributed by atoms with E-state index < -0.39 is 42.0 Å². The first-order valence-corrected chi connectivity index (χ1v) is 6.08. The number of halogens is 3. The second kappa shape index (κ2) is 5.23. The van der Waals surface area contributed by atoms with Crippen LogP contribution >= 0.6 is 0 Å². The number of amides is 1. The normalized spacial score (nSPS) is 24.0. The Labute approximate surface area is 114 Å². The third kappa shape index (κ3) is 3.05. The molecule has 5 nitrogen and oxygen atoms in total. The second-order valence-corrected chi connectivity index (χ2v) is 5.59. The molecular formula is C12H18F3NO4. The van der Waals surface area contributed by atoms with Crippen LogP contribution in [0, 0.1) is 5.41 Å². The summed E-state index contributed by atoms with van der Waals surface area (Å²) < 4.78 is 43.9. The molecule has 1 rings (SSSR count). The molecule has 0 radical (unpaired) electrons. The van der Waals surface area contributed by atoms with Gasteiger partial charge in [-0.15, -0.1) is 0 Å². The summed E-state index contributed by atoms with van der Waals surface area (Å²) in [7, 11) is 1.40. The number of carboxylic acid groups (broad SMARTS) is 1. The number of nitrogens with zero attached hydrogens (tertiary/aromatic N) is 1. The molecule has 1 aliphatic heterocycles. The number of likely N-dealkylation sites (tertiary alicyclic amines) is 1. The third-order valence-electron chi connectivity index (χ3n) is 3.70. The molecular weight excluding hydrogens is 279 g/mol. The van der Waals surface area contributed by atoms with E-state index >= 15 is 0 Å². The lowest BCUT2D eigenvalue weighted by molar-refractivity contribution is -0.227. The Morgan fingerprint density at radius 2 is 1.90 bits per heavy atom. The van der Waals surface area contributed by atoms with Crippen molar-refractivity contribution in [2.24, 2.45) is 5.41 Å². The van der Waals surface area contributed by atoms with Crippen LogP contribution < -0.4 is 0 Å². The molecule has 0 aromatic carbocycles. The molecule has 1 amide bonds. The molecule has 1 atom stereocenters. The van der Waals surface area contributed by atoms with E-state index in [4.69, 9.17) is 9.84 Å². The van der Waals surface area contributed by atoms with E-state index in [2.05, 4.69) is 0 Å². The zero-order chi connectivity index (χ0) is 15.8. The average molecular weight is 297 g/mol. The van der Waals surface area contributed by atoms with Gasteiger partial charge in [-0.25, -0.2) is 0 Å². The highest BCUT2D eigenvalue weighted by Crippen LogP contribution is 2.45. The number of carbonyl (C=O) groups excluding carboxylic acids is 1. The first-order valence-electron chi connectivity index (χ1n) is 6.08. The smallest absolute Gasteiger partial charge is 0.406 e. The monoisotopic (exact) mass is 297 g/mol. The van der Waals surface area contributed by atoms with Crippen LogP contribution in [0.25, 0.3) is 0 Å². The molecule has 116 valence electrons. The van der Waals surface area contributed by atoms with Crippen LogP contribution in [0.3, 0.4) is 0 Å². The molecule has 0 bridgehead atoms. The number of carboxylic acids is 1. The Hall–Kier alpha value is -1.31. The maximum absolute atomic E-state index is 13.0. The van der Waals surface area contributed by atoms with Gasteiger partial charge < -0.3 is 14.7 Å². The molecule has 1 fully saturated rings. The molecule has 0 saturated carbocycles. The maximum atomic E-state index is 13.0. The van der Waals surface area contributed by atoms with Crippen LogP contribution in [0.5, 0.6) is 0 Å². The average Bonchev–Trinajstić information content (AvgIpc) is 2.73. The molecule has 0 aromatic heterocycles. The lowest BCUT2D eigenvalue weighted by atomic mass is 9.86. The number of aliphatic carboxylic acids is 1. The number of alkyl halides is 3. The summed E-state index contributed by atoms with van der Waals surface area (Å²) in [6.45, 7) is 2.21. The molecule has 20 heavy (non-hydrogen) atoms. The first-order chi connectivity index (χ1) is 8.95. The zero-order valence-electron chi connectivity index (χ0n) is 11.6. The van der Waals surface area contributed by atoms with E-state index in [1.165, 1.54) is 7.11 Å². The van der Waals surface area contributed by atoms with Gasteiger partial charge in [0, 0.05) is 20.2 Å². The van der Waals surface area contributed by atoms with E-state index in [1.54, 1.807) is 13.8 Å². The van der Waals surface area contributed by atoms with Crippen LogP contribution in [-0.4, -0.2) is 53.9 Å². The van der Waals surface area contributed by atoms with Crippen molar-refractivity contribution in [2.75, 3.05) is 20.2 Å². The standard InChI is InChI=1S/C12H18F3NO4/c1-10(2,20-3)6-8(17)16-5-4-11(7-16,9(18)19)12(13,14)15/h4-7H2,1-3H3,(H,18,19). The van der Waals surface area contributed by atoms with Crippen LogP contribution in [-0.2, 0) is 14.3 Å². The number of hydrogen-bond acceptors (Lipinski definition) is 3. The van der Waals surface area contributed by atoms with Gasteiger partial charge in [0.15, 0.2) is 5.41 Å². The first kappa shape index (κ1) is 16.7. The van der Waals surface area contributed by atoms with Crippen LogP contribution in [0.4, 0.5) is 13.2 Å². The number of rotatable bonds is 4. The van der Waals surface area contributed by atoms with Crippen molar-refractivity contribution in [3.05, 3.63) is 0 Å². The fraction of sp³-hybridized carbons (Fsp3) is 0.833. The summed E-state index contributed by atoms with van der Waals surface area (Å²) in [4.78, 5) is 23.9. The Morgan fingerprint density at radius 1 is 1.35 bits per heavy atom. The largest absolute Gasteiger partial charge is 0.481 e. The molecule has 1 heterocycles. The summed E-state index contributed by atoms with van der Waals surface area (Å²) in [6, 6.07) is 0. The highest BCUT2D eigenvalue weighted by atomic mass is 19.4. The van der Waals surface area contributed by atoms with E-state index in [0.717, 1.165) is 4.90 Å². The molecule has 1 aliphatic rings. The number of hydrogen-bond donors (Lipinski definition) is 1. The van der Waals surface area contributed by atoms with Gasteiger partial charge in [0.2, 0.25) is 5.91 Å². The molecule has 0 spiro atoms. The predicted molar refractivity (Wildman–Crippen MR) is 63.0 cm³/mol. The minimum atomic E-state index is -4.88. The van der Waals surface area contributed by atoms with Gasteiger partial charge in [0.25, 0.3) is 0 Å². The van der Waals surface area contributed by atoms with Gasteiger partial charge in [-0.1, -0.05) is 0 Å². The van der Waals surface area contributed by atoms with Crippen LogP contribution in [0.15, 0.2) is 0 Å². The predicted octanol–water partition coefficient (Wildman–Crippen LogP) is 1.67. The lowest BCUT2D eigenvalue weighted by Crippen LogP contribution is -2.48. The maximum Gasteiger partial charge on any atom is 0.406 e. The fourth-order valence-electron chi connectivity index (χ4n) is 2.10. The van der Waals surface area contributed by atoms with Crippen molar-refractivity contribution in [1.29, 1.82) is 0 Å². The number of carbonyl (C=O) groups is 2. The molecule has 0 aliphatic carbocycles. The fourth-order valence-corrected chi connectivity index (χ4v) is 2.10. The highest BCUT2D eigenvalue weighted by molar-refractivity contribution is 5.81. The van der Waals surface area contributed by atoms with Crippen molar-refractivity contribution < 1.29 is 32.6 Å². The summed E-state index contributed by atoms with van der Waals surface area (Å²) in [5, 5.41) is 8.90. The SMILES string of the molecule is COC(C)(C)CC(=O)N1CCC(C(=O)O)(C(F)(F)F)C1. The van der Waals surface area contributed by atoms with E-state index in [-0.39, 0.29) is 13.0 Å². The van der Waals surface area contributed by atoms with Crippen molar-refractivity contribution in [1.82, 2.24) is 4.90 Å². The van der Waals surface area contributed by atoms with Gasteiger partial charge in [0.1, 0.15) is 0 Å². The number of methoxy groups -OCH3 is 1. The van der Waals surface area contributed by atoms with E-state index in [1.807, 2.05) is 0 Å². The quantitative estimate of drug-likeness (QED) is 0.857. The summed E-state index contributed by atoms with van der Waals surface area (Å²) >= 11 is 0. The molecule has 0 aromatic rings. The number of ether oxygens (including phenoxy) is 1. The molecule has 1 unspecified atom stereocenters. The van der Waals surface area contributed by atoms with Crippen LogP contribution in [0.1, 0.15) is 26.7 Å². The van der Waals surface area contributed by atoms with E-state index in [9.17, 15) is 22.8 Å². The Bertz CT molecular complexity index is 408. The topological polar surface area (TPSA) is 66.8 Å². The summed E-state index contributed by atoms with van der Waals surface area (Å²) in [6.07, 6.45) is -5.60. The Morgan fingerprint density at radius 3 is 2.25 bits per heavy atom. The molecule has 1 N–H and O–H groups in total. The van der Waals surface area contributed by atoms with Gasteiger partial charge in [0.05, 0.1) is 12.0 Å². The Balaban J connectivity index is 2.85. The lowest BCUT2D eigenvalue weighted by Gasteiger charge is -2.29. The molecule has 8 heteroatoms. The second-order valence-electron chi connectivity index (χ2n) is 5.59. The molecule has 1 saturated heterocycles. The van der Waals surface area contributed by atoms with Crippen molar-refractivity contribution in [3.8, 4) is 0 Å². The summed E-state index contributed by atoms with van der Waals surface area (Å²) in [5.41, 5.74) is -3.66. The minimum Gasteiger partial charge on any atom is -0.481 e. The third-order valence-corrected chi connectivity index (χ3v) is 3.70. The van der Waals surface area contributed by atoms with Gasteiger partial charge in [-0.05, 0) is 20.3 Å². The van der Waals surface area contributed by atoms with Crippen molar-refractivity contribution in [2.45, 2.75) is 38.5 Å². The van der Waals surface area contributed by atoms with E-state index in [0.29, 0.717) is 0 Å². The van der Waals surface area contributed by atoms with Crippen molar-refractivity contribution in [3.63, 3.8) is 0 Å². The van der Waals surface area contributed by atoms with Gasteiger partial charge in [-0.2, -0.15) is 13.2 Å².